The molecule has 2 rings (SSSR count). The number of hydrogen-bond acceptors (Lipinski definition) is 4. The standard InChI is InChI=1S/C17H26N2O4S/c1-13(12-19-9-4-3-5-10-19)11-18-24(22,23)16-8-6-7-15(14(16)2)17(20)21/h6-8,13,18H,3-5,9-12H2,1-2H3,(H,20,21). The summed E-state index contributed by atoms with van der Waals surface area (Å²) in [6.07, 6.45) is 3.69. The average Bonchev–Trinajstić information content (AvgIpc) is 2.54. The van der Waals surface area contributed by atoms with Crippen LogP contribution >= 0.6 is 0 Å². The van der Waals surface area contributed by atoms with Crippen LogP contribution in [0, 0.1) is 12.8 Å². The van der Waals surface area contributed by atoms with Gasteiger partial charge in [0.2, 0.25) is 10.0 Å². The molecule has 0 saturated carbocycles. The maximum absolute atomic E-state index is 12.5. The van der Waals surface area contributed by atoms with Crippen LogP contribution in [-0.2, 0) is 10.0 Å². The highest BCUT2D eigenvalue weighted by Gasteiger charge is 2.22. The van der Waals surface area contributed by atoms with Gasteiger partial charge in [-0.15, -0.1) is 0 Å². The Labute approximate surface area is 143 Å². The molecule has 134 valence electrons. The Morgan fingerprint density at radius 2 is 1.96 bits per heavy atom. The SMILES string of the molecule is Cc1c(C(=O)O)cccc1S(=O)(=O)NCC(C)CN1CCCCC1. The molecule has 0 spiro atoms. The number of carbonyl (C=O) groups is 1. The number of benzene rings is 1. The number of hydrogen-bond donors (Lipinski definition) is 2. The third-order valence-corrected chi connectivity index (χ3v) is 6.01. The van der Waals surface area contributed by atoms with Gasteiger partial charge in [0, 0.05) is 13.1 Å². The fourth-order valence-corrected chi connectivity index (χ4v) is 4.54. The topological polar surface area (TPSA) is 86.7 Å². The molecule has 1 aliphatic rings. The van der Waals surface area contributed by atoms with E-state index >= 15 is 0 Å². The highest BCUT2D eigenvalue weighted by Crippen LogP contribution is 2.19. The van der Waals surface area contributed by atoms with Crippen molar-refractivity contribution < 1.29 is 18.3 Å². The Bertz CT molecular complexity index is 682. The van der Waals surface area contributed by atoms with Gasteiger partial charge in [-0.1, -0.05) is 19.4 Å². The first-order chi connectivity index (χ1) is 11.3. The smallest absolute Gasteiger partial charge is 0.335 e. The molecule has 1 heterocycles. The van der Waals surface area contributed by atoms with E-state index in [4.69, 9.17) is 5.11 Å². The predicted molar refractivity (Wildman–Crippen MR) is 92.8 cm³/mol. The molecule has 0 bridgehead atoms. The summed E-state index contributed by atoms with van der Waals surface area (Å²) in [6, 6.07) is 4.32. The van der Waals surface area contributed by atoms with Crippen LogP contribution in [0.1, 0.15) is 42.1 Å². The van der Waals surface area contributed by atoms with Gasteiger partial charge >= 0.3 is 5.97 Å². The van der Waals surface area contributed by atoms with Crippen molar-refractivity contribution in [2.24, 2.45) is 5.92 Å². The lowest BCUT2D eigenvalue weighted by atomic mass is 10.1. The fourth-order valence-electron chi connectivity index (χ4n) is 3.11. The lowest BCUT2D eigenvalue weighted by molar-refractivity contribution is 0.0696. The summed E-state index contributed by atoms with van der Waals surface area (Å²) in [6.45, 7) is 6.92. The lowest BCUT2D eigenvalue weighted by Crippen LogP contribution is -2.38. The Morgan fingerprint density at radius 1 is 1.29 bits per heavy atom. The van der Waals surface area contributed by atoms with E-state index < -0.39 is 16.0 Å². The molecule has 0 aliphatic carbocycles. The number of carboxylic acid groups (broad SMARTS) is 1. The van der Waals surface area contributed by atoms with Crippen molar-refractivity contribution in [3.05, 3.63) is 29.3 Å². The first-order valence-electron chi connectivity index (χ1n) is 8.36. The molecular weight excluding hydrogens is 328 g/mol. The number of aromatic carboxylic acids is 1. The summed E-state index contributed by atoms with van der Waals surface area (Å²) in [5, 5.41) is 9.14. The maximum Gasteiger partial charge on any atom is 0.335 e. The monoisotopic (exact) mass is 354 g/mol. The van der Waals surface area contributed by atoms with Crippen LogP contribution in [0.15, 0.2) is 23.1 Å². The summed E-state index contributed by atoms with van der Waals surface area (Å²) in [7, 11) is -3.71. The molecule has 1 fully saturated rings. The largest absolute Gasteiger partial charge is 0.478 e. The van der Waals surface area contributed by atoms with Gasteiger partial charge < -0.3 is 10.0 Å². The predicted octanol–water partition coefficient (Wildman–Crippen LogP) is 2.09. The van der Waals surface area contributed by atoms with Crippen LogP contribution in [-0.4, -0.2) is 50.6 Å². The normalized spacial score (nSPS) is 17.6. The van der Waals surface area contributed by atoms with Gasteiger partial charge in [-0.2, -0.15) is 0 Å². The number of likely N-dealkylation sites (tertiary alicyclic amines) is 1. The van der Waals surface area contributed by atoms with Crippen LogP contribution in [0.5, 0.6) is 0 Å². The highest BCUT2D eigenvalue weighted by molar-refractivity contribution is 7.89. The number of carboxylic acids is 1. The van der Waals surface area contributed by atoms with Crippen molar-refractivity contribution in [3.63, 3.8) is 0 Å². The molecule has 1 saturated heterocycles. The number of rotatable bonds is 7. The van der Waals surface area contributed by atoms with Crippen molar-refractivity contribution in [2.45, 2.75) is 38.0 Å². The van der Waals surface area contributed by atoms with Crippen molar-refractivity contribution in [1.29, 1.82) is 0 Å². The zero-order chi connectivity index (χ0) is 17.7. The van der Waals surface area contributed by atoms with E-state index in [-0.39, 0.29) is 21.9 Å². The lowest BCUT2D eigenvalue weighted by Gasteiger charge is -2.29. The Kier molecular flexibility index (Phi) is 6.37. The first-order valence-corrected chi connectivity index (χ1v) is 9.84. The molecule has 6 nitrogen and oxygen atoms in total. The van der Waals surface area contributed by atoms with Crippen molar-refractivity contribution in [1.82, 2.24) is 9.62 Å². The van der Waals surface area contributed by atoms with E-state index in [0.29, 0.717) is 6.54 Å². The third kappa shape index (κ3) is 4.78. The van der Waals surface area contributed by atoms with Gasteiger partial charge in [0.1, 0.15) is 0 Å². The van der Waals surface area contributed by atoms with Gasteiger partial charge in [-0.25, -0.2) is 17.9 Å². The minimum Gasteiger partial charge on any atom is -0.478 e. The zero-order valence-corrected chi connectivity index (χ0v) is 15.1. The van der Waals surface area contributed by atoms with Gasteiger partial charge in [0.05, 0.1) is 10.5 Å². The summed E-state index contributed by atoms with van der Waals surface area (Å²) < 4.78 is 27.6. The molecule has 1 unspecified atom stereocenters. The molecule has 2 N–H and O–H groups in total. The van der Waals surface area contributed by atoms with Crippen molar-refractivity contribution in [2.75, 3.05) is 26.2 Å². The molecule has 1 aromatic rings. The van der Waals surface area contributed by atoms with Crippen LogP contribution in [0.2, 0.25) is 0 Å². The van der Waals surface area contributed by atoms with E-state index in [2.05, 4.69) is 9.62 Å². The average molecular weight is 354 g/mol. The third-order valence-electron chi connectivity index (χ3n) is 4.44. The summed E-state index contributed by atoms with van der Waals surface area (Å²) >= 11 is 0. The van der Waals surface area contributed by atoms with Crippen molar-refractivity contribution in [3.8, 4) is 0 Å². The van der Waals surface area contributed by atoms with Crippen LogP contribution in [0.4, 0.5) is 0 Å². The van der Waals surface area contributed by atoms with Gasteiger partial charge in [-0.3, -0.25) is 0 Å². The number of nitrogens with zero attached hydrogens (tertiary/aromatic N) is 1. The second-order valence-corrected chi connectivity index (χ2v) is 8.29. The molecule has 1 aliphatic heterocycles. The van der Waals surface area contributed by atoms with Crippen LogP contribution in [0.25, 0.3) is 0 Å². The Morgan fingerprint density at radius 3 is 2.58 bits per heavy atom. The van der Waals surface area contributed by atoms with Gasteiger partial charge in [-0.05, 0) is 56.5 Å². The molecule has 1 aromatic carbocycles. The second kappa shape index (κ2) is 8.09. The highest BCUT2D eigenvalue weighted by atomic mass is 32.2. The van der Waals surface area contributed by atoms with E-state index in [1.165, 1.54) is 44.4 Å². The first kappa shape index (κ1) is 18.9. The number of nitrogens with one attached hydrogen (secondary N) is 1. The van der Waals surface area contributed by atoms with E-state index in [0.717, 1.165) is 19.6 Å². The summed E-state index contributed by atoms with van der Waals surface area (Å²) in [5.41, 5.74) is 0.278. The van der Waals surface area contributed by atoms with E-state index in [9.17, 15) is 13.2 Å². The summed E-state index contributed by atoms with van der Waals surface area (Å²) in [5.74, 6) is -0.927. The fraction of sp³-hybridized carbons (Fsp3) is 0.588. The molecular formula is C17H26N2O4S. The van der Waals surface area contributed by atoms with E-state index in [1.807, 2.05) is 6.92 Å². The minimum atomic E-state index is -3.71. The second-order valence-electron chi connectivity index (χ2n) is 6.55. The Hall–Kier alpha value is -1.44. The number of sulfonamides is 1. The van der Waals surface area contributed by atoms with Crippen LogP contribution in [0.3, 0.4) is 0 Å². The molecule has 1 atom stereocenters. The Balaban J connectivity index is 2.00. The molecule has 7 heteroatoms. The zero-order valence-electron chi connectivity index (χ0n) is 14.3. The molecule has 24 heavy (non-hydrogen) atoms. The quantitative estimate of drug-likeness (QED) is 0.783. The molecule has 0 aromatic heterocycles. The minimum absolute atomic E-state index is 0.0132. The van der Waals surface area contributed by atoms with Crippen LogP contribution < -0.4 is 4.72 Å². The number of piperidine rings is 1. The van der Waals surface area contributed by atoms with Gasteiger partial charge in [0.15, 0.2) is 0 Å². The summed E-state index contributed by atoms with van der Waals surface area (Å²) in [4.78, 5) is 13.6. The van der Waals surface area contributed by atoms with Crippen molar-refractivity contribution >= 4 is 16.0 Å². The molecule has 0 radical (unpaired) electrons. The van der Waals surface area contributed by atoms with Gasteiger partial charge in [0.25, 0.3) is 0 Å². The van der Waals surface area contributed by atoms with E-state index in [1.54, 1.807) is 0 Å². The maximum atomic E-state index is 12.5. The molecule has 0 amide bonds.